The van der Waals surface area contributed by atoms with Crippen LogP contribution in [0.1, 0.15) is 31.2 Å². The summed E-state index contributed by atoms with van der Waals surface area (Å²) >= 11 is 0. The number of nitrogens with zero attached hydrogens (tertiary/aromatic N) is 4. The second-order valence-electron chi connectivity index (χ2n) is 5.74. The number of carbonyl (C=O) groups excluding carboxylic acids is 1. The van der Waals surface area contributed by atoms with Crippen LogP contribution in [0.15, 0.2) is 24.4 Å². The van der Waals surface area contributed by atoms with Crippen molar-refractivity contribution < 1.29 is 9.90 Å². The van der Waals surface area contributed by atoms with Crippen molar-refractivity contribution in [2.24, 2.45) is 0 Å². The van der Waals surface area contributed by atoms with Crippen LogP contribution in [-0.2, 0) is 0 Å². The predicted octanol–water partition coefficient (Wildman–Crippen LogP) is 2.51. The van der Waals surface area contributed by atoms with Crippen LogP contribution in [0.3, 0.4) is 0 Å². The number of anilines is 1. The molecule has 2 N–H and O–H groups in total. The number of aryl methyl sites for hydroxylation is 2. The topological polar surface area (TPSA) is 83.3 Å². The first-order valence-electron chi connectivity index (χ1n) is 8.21. The Labute approximate surface area is 142 Å². The van der Waals surface area contributed by atoms with Gasteiger partial charge < -0.3 is 15.3 Å². The van der Waals surface area contributed by atoms with Gasteiger partial charge in [0.05, 0.1) is 24.2 Å². The number of carbonyl (C=O) groups is 1. The highest BCUT2D eigenvalue weighted by Gasteiger charge is 2.13. The number of aromatic nitrogens is 3. The minimum absolute atomic E-state index is 0.0494. The van der Waals surface area contributed by atoms with Crippen LogP contribution in [-0.4, -0.2) is 50.5 Å². The zero-order valence-corrected chi connectivity index (χ0v) is 14.5. The van der Waals surface area contributed by atoms with Gasteiger partial charge in [-0.1, -0.05) is 13.3 Å². The molecule has 2 heterocycles. The summed E-state index contributed by atoms with van der Waals surface area (Å²) in [6, 6.07) is 5.38. The molecule has 7 heteroatoms. The van der Waals surface area contributed by atoms with Gasteiger partial charge in [-0.15, -0.1) is 0 Å². The highest BCUT2D eigenvalue weighted by Crippen LogP contribution is 2.13. The lowest BCUT2D eigenvalue weighted by molar-refractivity contribution is 0.187. The molecule has 0 atom stereocenters. The van der Waals surface area contributed by atoms with E-state index in [4.69, 9.17) is 5.11 Å². The summed E-state index contributed by atoms with van der Waals surface area (Å²) in [6.07, 6.45) is 3.51. The lowest BCUT2D eigenvalue weighted by Crippen LogP contribution is -2.37. The van der Waals surface area contributed by atoms with Crippen LogP contribution in [0, 0.1) is 13.8 Å². The summed E-state index contributed by atoms with van der Waals surface area (Å²) < 4.78 is 1.76. The fraction of sp³-hybridized carbons (Fsp3) is 0.471. The zero-order chi connectivity index (χ0) is 17.5. The number of aliphatic hydroxyl groups is 1. The highest BCUT2D eigenvalue weighted by atomic mass is 16.3. The molecule has 0 aliphatic rings. The average molecular weight is 331 g/mol. The second kappa shape index (κ2) is 8.44. The first-order chi connectivity index (χ1) is 11.5. The van der Waals surface area contributed by atoms with E-state index >= 15 is 0 Å². The van der Waals surface area contributed by atoms with Crippen molar-refractivity contribution in [3.8, 4) is 5.82 Å². The van der Waals surface area contributed by atoms with Crippen LogP contribution >= 0.6 is 0 Å². The van der Waals surface area contributed by atoms with Gasteiger partial charge >= 0.3 is 6.03 Å². The summed E-state index contributed by atoms with van der Waals surface area (Å²) in [6.45, 7) is 6.87. The van der Waals surface area contributed by atoms with Crippen LogP contribution < -0.4 is 5.32 Å². The SMILES string of the molecule is CCCCN(CCO)C(=O)Nc1ccc(-n2nc(C)cc2C)nc1. The maximum atomic E-state index is 12.3. The fourth-order valence-corrected chi connectivity index (χ4v) is 2.43. The van der Waals surface area contributed by atoms with E-state index in [2.05, 4.69) is 22.3 Å². The molecule has 130 valence electrons. The number of hydrogen-bond acceptors (Lipinski definition) is 4. The van der Waals surface area contributed by atoms with Gasteiger partial charge in [0, 0.05) is 18.8 Å². The predicted molar refractivity (Wildman–Crippen MR) is 93.4 cm³/mol. The average Bonchev–Trinajstić information content (AvgIpc) is 2.90. The molecule has 0 saturated carbocycles. The van der Waals surface area contributed by atoms with Gasteiger partial charge in [0.1, 0.15) is 0 Å². The molecule has 7 nitrogen and oxygen atoms in total. The van der Waals surface area contributed by atoms with Crippen molar-refractivity contribution in [3.05, 3.63) is 35.8 Å². The summed E-state index contributed by atoms with van der Waals surface area (Å²) in [7, 11) is 0. The van der Waals surface area contributed by atoms with Crippen LogP contribution in [0.4, 0.5) is 10.5 Å². The van der Waals surface area contributed by atoms with Gasteiger partial charge in [-0.05, 0) is 38.5 Å². The van der Waals surface area contributed by atoms with E-state index in [1.807, 2.05) is 26.0 Å². The number of amides is 2. The Bertz CT molecular complexity index is 666. The largest absolute Gasteiger partial charge is 0.395 e. The first kappa shape index (κ1) is 17.9. The molecular weight excluding hydrogens is 306 g/mol. The Morgan fingerprint density at radius 2 is 2.12 bits per heavy atom. The Kier molecular flexibility index (Phi) is 6.31. The summed E-state index contributed by atoms with van der Waals surface area (Å²) in [5, 5.41) is 16.3. The molecule has 0 spiro atoms. The highest BCUT2D eigenvalue weighted by molar-refractivity contribution is 5.89. The molecule has 0 aromatic carbocycles. The molecular formula is C17H25N5O2. The van der Waals surface area contributed by atoms with E-state index < -0.39 is 0 Å². The molecule has 0 aliphatic heterocycles. The molecule has 2 aromatic heterocycles. The third-order valence-corrected chi connectivity index (χ3v) is 3.66. The molecule has 0 aliphatic carbocycles. The molecule has 0 saturated heterocycles. The molecule has 2 rings (SSSR count). The minimum Gasteiger partial charge on any atom is -0.395 e. The van der Waals surface area contributed by atoms with Crippen molar-refractivity contribution in [2.75, 3.05) is 25.0 Å². The summed E-state index contributed by atoms with van der Waals surface area (Å²) in [4.78, 5) is 18.3. The summed E-state index contributed by atoms with van der Waals surface area (Å²) in [5.74, 6) is 0.705. The van der Waals surface area contributed by atoms with E-state index in [0.29, 0.717) is 24.6 Å². The van der Waals surface area contributed by atoms with E-state index in [1.165, 1.54) is 0 Å². The van der Waals surface area contributed by atoms with Crippen molar-refractivity contribution in [3.63, 3.8) is 0 Å². The number of hydrogen-bond donors (Lipinski definition) is 2. The molecule has 2 amide bonds. The maximum absolute atomic E-state index is 12.3. The van der Waals surface area contributed by atoms with E-state index in [1.54, 1.807) is 21.8 Å². The Hall–Kier alpha value is -2.41. The smallest absolute Gasteiger partial charge is 0.321 e. The van der Waals surface area contributed by atoms with Crippen molar-refractivity contribution >= 4 is 11.7 Å². The lowest BCUT2D eigenvalue weighted by Gasteiger charge is -2.21. The van der Waals surface area contributed by atoms with Gasteiger partial charge in [-0.2, -0.15) is 5.10 Å². The quantitative estimate of drug-likeness (QED) is 0.816. The minimum atomic E-state index is -0.224. The fourth-order valence-electron chi connectivity index (χ4n) is 2.43. The Morgan fingerprint density at radius 3 is 2.67 bits per heavy atom. The van der Waals surface area contributed by atoms with E-state index in [0.717, 1.165) is 24.2 Å². The van der Waals surface area contributed by atoms with Crippen LogP contribution in [0.2, 0.25) is 0 Å². The van der Waals surface area contributed by atoms with Gasteiger partial charge in [-0.25, -0.2) is 14.5 Å². The zero-order valence-electron chi connectivity index (χ0n) is 14.5. The molecule has 2 aromatic rings. The lowest BCUT2D eigenvalue weighted by atomic mass is 10.3. The number of nitrogens with one attached hydrogen (secondary N) is 1. The Balaban J connectivity index is 2.04. The van der Waals surface area contributed by atoms with Gasteiger partial charge in [0.15, 0.2) is 5.82 Å². The number of pyridine rings is 1. The third-order valence-electron chi connectivity index (χ3n) is 3.66. The molecule has 0 bridgehead atoms. The molecule has 0 fully saturated rings. The third kappa shape index (κ3) is 4.55. The van der Waals surface area contributed by atoms with Crippen molar-refractivity contribution in [2.45, 2.75) is 33.6 Å². The van der Waals surface area contributed by atoms with Gasteiger partial charge in [-0.3, -0.25) is 0 Å². The standard InChI is InChI=1S/C17H25N5O2/c1-4-5-8-21(9-10-23)17(24)19-15-6-7-16(18-12-15)22-14(3)11-13(2)20-22/h6-7,11-12,23H,4-5,8-10H2,1-3H3,(H,19,24). The Morgan fingerprint density at radius 1 is 1.33 bits per heavy atom. The van der Waals surface area contributed by atoms with Crippen molar-refractivity contribution in [1.29, 1.82) is 0 Å². The second-order valence-corrected chi connectivity index (χ2v) is 5.74. The van der Waals surface area contributed by atoms with Gasteiger partial charge in [0.25, 0.3) is 0 Å². The van der Waals surface area contributed by atoms with E-state index in [-0.39, 0.29) is 12.6 Å². The number of unbranched alkanes of at least 4 members (excludes halogenated alkanes) is 1. The normalized spacial score (nSPS) is 10.7. The first-order valence-corrected chi connectivity index (χ1v) is 8.21. The summed E-state index contributed by atoms with van der Waals surface area (Å²) in [5.41, 5.74) is 2.55. The molecule has 24 heavy (non-hydrogen) atoms. The van der Waals surface area contributed by atoms with E-state index in [9.17, 15) is 4.79 Å². The van der Waals surface area contributed by atoms with Crippen molar-refractivity contribution in [1.82, 2.24) is 19.7 Å². The molecule has 0 radical (unpaired) electrons. The van der Waals surface area contributed by atoms with Gasteiger partial charge in [0.2, 0.25) is 0 Å². The van der Waals surface area contributed by atoms with Crippen LogP contribution in [0.5, 0.6) is 0 Å². The number of rotatable bonds is 7. The number of urea groups is 1. The molecule has 0 unspecified atom stereocenters. The maximum Gasteiger partial charge on any atom is 0.321 e. The number of aliphatic hydroxyl groups excluding tert-OH is 1. The monoisotopic (exact) mass is 331 g/mol. The van der Waals surface area contributed by atoms with Crippen LogP contribution in [0.25, 0.3) is 5.82 Å².